The Morgan fingerprint density at radius 1 is 1.14 bits per heavy atom. The summed E-state index contributed by atoms with van der Waals surface area (Å²) in [6.45, 7) is 9.28. The predicted molar refractivity (Wildman–Crippen MR) is 102 cm³/mol. The number of aliphatic imine (C=N–C) groups is 1. The standard InChI is InChI=1S/C15H31N5O.HI/c1-16-15(17-5-8-20-9-11-21-12-10-20)18-13-14-3-6-19(2)7-4-14;/h14H,3-13H2,1-2H3,(H2,16,17,18);1H. The number of piperidine rings is 1. The molecule has 2 N–H and O–H groups in total. The van der Waals surface area contributed by atoms with Crippen LogP contribution in [-0.4, -0.2) is 88.9 Å². The van der Waals surface area contributed by atoms with Crippen molar-refractivity contribution in [2.45, 2.75) is 12.8 Å². The number of hydrogen-bond donors (Lipinski definition) is 2. The maximum absolute atomic E-state index is 5.36. The van der Waals surface area contributed by atoms with E-state index < -0.39 is 0 Å². The van der Waals surface area contributed by atoms with Gasteiger partial charge in [0, 0.05) is 39.8 Å². The molecule has 0 amide bonds. The van der Waals surface area contributed by atoms with Gasteiger partial charge in [-0.2, -0.15) is 0 Å². The summed E-state index contributed by atoms with van der Waals surface area (Å²) < 4.78 is 5.36. The van der Waals surface area contributed by atoms with Crippen LogP contribution in [0.5, 0.6) is 0 Å². The Morgan fingerprint density at radius 2 is 1.82 bits per heavy atom. The second kappa shape index (κ2) is 11.4. The molecule has 0 radical (unpaired) electrons. The van der Waals surface area contributed by atoms with Crippen LogP contribution < -0.4 is 10.6 Å². The minimum atomic E-state index is 0. The molecule has 2 aliphatic heterocycles. The molecular weight excluding hydrogens is 393 g/mol. The van der Waals surface area contributed by atoms with Gasteiger partial charge in [-0.3, -0.25) is 9.89 Å². The van der Waals surface area contributed by atoms with Crippen LogP contribution in [0.2, 0.25) is 0 Å². The third-order valence-electron chi connectivity index (χ3n) is 4.44. The van der Waals surface area contributed by atoms with E-state index in [4.69, 9.17) is 4.74 Å². The lowest BCUT2D eigenvalue weighted by molar-refractivity contribution is 0.0389. The van der Waals surface area contributed by atoms with Gasteiger partial charge in [0.15, 0.2) is 5.96 Å². The zero-order valence-electron chi connectivity index (χ0n) is 14.0. The lowest BCUT2D eigenvalue weighted by Crippen LogP contribution is -2.46. The molecule has 2 saturated heterocycles. The van der Waals surface area contributed by atoms with Crippen LogP contribution >= 0.6 is 24.0 Å². The van der Waals surface area contributed by atoms with Crippen molar-refractivity contribution in [2.75, 3.05) is 73.1 Å². The third-order valence-corrected chi connectivity index (χ3v) is 4.44. The first-order valence-corrected chi connectivity index (χ1v) is 8.21. The van der Waals surface area contributed by atoms with Crippen LogP contribution in [0.25, 0.3) is 0 Å². The van der Waals surface area contributed by atoms with E-state index in [0.29, 0.717) is 0 Å². The fourth-order valence-corrected chi connectivity index (χ4v) is 2.89. The monoisotopic (exact) mass is 425 g/mol. The summed E-state index contributed by atoms with van der Waals surface area (Å²) in [5.41, 5.74) is 0. The van der Waals surface area contributed by atoms with Gasteiger partial charge < -0.3 is 20.3 Å². The number of ether oxygens (including phenoxy) is 1. The van der Waals surface area contributed by atoms with Crippen molar-refractivity contribution >= 4 is 29.9 Å². The molecule has 0 atom stereocenters. The van der Waals surface area contributed by atoms with Gasteiger partial charge in [-0.15, -0.1) is 24.0 Å². The first-order chi connectivity index (χ1) is 10.3. The Kier molecular flexibility index (Phi) is 10.3. The average molecular weight is 425 g/mol. The van der Waals surface area contributed by atoms with Crippen molar-refractivity contribution in [1.29, 1.82) is 0 Å². The molecule has 0 spiro atoms. The van der Waals surface area contributed by atoms with Crippen molar-refractivity contribution in [2.24, 2.45) is 10.9 Å². The van der Waals surface area contributed by atoms with E-state index in [1.54, 1.807) is 0 Å². The fourth-order valence-electron chi connectivity index (χ4n) is 2.89. The highest BCUT2D eigenvalue weighted by atomic mass is 127. The van der Waals surface area contributed by atoms with Gasteiger partial charge in [-0.05, 0) is 38.9 Å². The molecule has 2 heterocycles. The largest absolute Gasteiger partial charge is 0.379 e. The van der Waals surface area contributed by atoms with Crippen molar-refractivity contribution < 1.29 is 4.74 Å². The van der Waals surface area contributed by atoms with Gasteiger partial charge in [0.2, 0.25) is 0 Å². The summed E-state index contributed by atoms with van der Waals surface area (Å²) in [5, 5.41) is 6.88. The Balaban J connectivity index is 0.00000242. The minimum absolute atomic E-state index is 0. The fraction of sp³-hybridized carbons (Fsp3) is 0.933. The minimum Gasteiger partial charge on any atom is -0.379 e. The molecule has 0 saturated carbocycles. The van der Waals surface area contributed by atoms with Crippen LogP contribution in [0.3, 0.4) is 0 Å². The second-order valence-corrected chi connectivity index (χ2v) is 6.08. The van der Waals surface area contributed by atoms with E-state index in [-0.39, 0.29) is 24.0 Å². The summed E-state index contributed by atoms with van der Waals surface area (Å²) in [7, 11) is 4.05. The summed E-state index contributed by atoms with van der Waals surface area (Å²) in [4.78, 5) is 9.15. The van der Waals surface area contributed by atoms with Crippen molar-refractivity contribution in [3.8, 4) is 0 Å². The first kappa shape index (κ1) is 19.9. The van der Waals surface area contributed by atoms with Gasteiger partial charge in [0.05, 0.1) is 13.2 Å². The Morgan fingerprint density at radius 3 is 2.45 bits per heavy atom. The van der Waals surface area contributed by atoms with Crippen molar-refractivity contribution in [1.82, 2.24) is 20.4 Å². The van der Waals surface area contributed by atoms with Gasteiger partial charge in [0.1, 0.15) is 0 Å². The topological polar surface area (TPSA) is 52.1 Å². The number of likely N-dealkylation sites (tertiary alicyclic amines) is 1. The van der Waals surface area contributed by atoms with Crippen LogP contribution in [-0.2, 0) is 4.74 Å². The molecule has 6 nitrogen and oxygen atoms in total. The SMILES string of the molecule is CN=C(NCCN1CCOCC1)NCC1CCN(C)CC1.I. The Hall–Kier alpha value is -0.120. The highest BCUT2D eigenvalue weighted by Crippen LogP contribution is 2.14. The zero-order valence-corrected chi connectivity index (χ0v) is 16.3. The smallest absolute Gasteiger partial charge is 0.191 e. The van der Waals surface area contributed by atoms with E-state index in [2.05, 4.69) is 32.5 Å². The molecule has 0 unspecified atom stereocenters. The van der Waals surface area contributed by atoms with Gasteiger partial charge >= 0.3 is 0 Å². The quantitative estimate of drug-likeness (QED) is 0.381. The normalized spacial score (nSPS) is 22.2. The Bertz CT molecular complexity index is 315. The molecule has 0 aromatic heterocycles. The molecule has 7 heteroatoms. The Labute approximate surface area is 152 Å². The lowest BCUT2D eigenvalue weighted by Gasteiger charge is -2.29. The van der Waals surface area contributed by atoms with E-state index in [9.17, 15) is 0 Å². The molecule has 0 aliphatic carbocycles. The van der Waals surface area contributed by atoms with Gasteiger partial charge in [-0.1, -0.05) is 0 Å². The number of guanidine groups is 1. The summed E-state index contributed by atoms with van der Waals surface area (Å²) in [5.74, 6) is 1.71. The molecule has 130 valence electrons. The number of nitrogens with zero attached hydrogens (tertiary/aromatic N) is 3. The number of rotatable bonds is 5. The maximum atomic E-state index is 5.36. The summed E-state index contributed by atoms with van der Waals surface area (Å²) in [6, 6.07) is 0. The van der Waals surface area contributed by atoms with Crippen LogP contribution in [0.1, 0.15) is 12.8 Å². The molecule has 2 rings (SSSR count). The van der Waals surface area contributed by atoms with E-state index in [1.165, 1.54) is 25.9 Å². The second-order valence-electron chi connectivity index (χ2n) is 6.08. The molecule has 0 aromatic carbocycles. The molecule has 22 heavy (non-hydrogen) atoms. The molecular formula is C15H32IN5O. The van der Waals surface area contributed by atoms with Crippen molar-refractivity contribution in [3.63, 3.8) is 0 Å². The maximum Gasteiger partial charge on any atom is 0.191 e. The molecule has 2 aliphatic rings. The van der Waals surface area contributed by atoms with Crippen molar-refractivity contribution in [3.05, 3.63) is 0 Å². The number of hydrogen-bond acceptors (Lipinski definition) is 4. The molecule has 0 aromatic rings. The highest BCUT2D eigenvalue weighted by molar-refractivity contribution is 14.0. The lowest BCUT2D eigenvalue weighted by atomic mass is 9.97. The average Bonchev–Trinajstić information content (AvgIpc) is 2.53. The van der Waals surface area contributed by atoms with Crippen LogP contribution in [0.4, 0.5) is 0 Å². The van der Waals surface area contributed by atoms with Crippen LogP contribution in [0, 0.1) is 5.92 Å². The zero-order chi connectivity index (χ0) is 14.9. The van der Waals surface area contributed by atoms with Gasteiger partial charge in [0.25, 0.3) is 0 Å². The number of morpholine rings is 1. The van der Waals surface area contributed by atoms with E-state index >= 15 is 0 Å². The summed E-state index contributed by atoms with van der Waals surface area (Å²) >= 11 is 0. The van der Waals surface area contributed by atoms with Gasteiger partial charge in [-0.25, -0.2) is 0 Å². The van der Waals surface area contributed by atoms with E-state index in [0.717, 1.165) is 57.8 Å². The molecule has 0 bridgehead atoms. The highest BCUT2D eigenvalue weighted by Gasteiger charge is 2.16. The molecule has 2 fully saturated rings. The predicted octanol–water partition coefficient (Wildman–Crippen LogP) is 0.443. The third kappa shape index (κ3) is 7.43. The summed E-state index contributed by atoms with van der Waals surface area (Å²) in [6.07, 6.45) is 2.57. The van der Waals surface area contributed by atoms with Crippen LogP contribution in [0.15, 0.2) is 4.99 Å². The first-order valence-electron chi connectivity index (χ1n) is 8.21. The number of halogens is 1. The number of nitrogens with one attached hydrogen (secondary N) is 2. The van der Waals surface area contributed by atoms with E-state index in [1.807, 2.05) is 7.05 Å².